The highest BCUT2D eigenvalue weighted by Crippen LogP contribution is 2.15. The van der Waals surface area contributed by atoms with Crippen LogP contribution >= 0.6 is 0 Å². The standard InChI is InChI=1S/C74H121NO8/c1-6-8-10-12-14-16-18-20-22-24-26-28-29-30-31-32-33-34-35-36-37-38-39-40-41-42-43-45-47-49-51-53-55-57-59-61-63-65-72(77)83-70(69-82-74(73(78)79)80-67-66-75(3,4)5)68-81-71(76)64-62-60-58-56-54-52-50-48-46-44-27-25-23-21-19-17-15-13-11-9-7-2/h8,10,14,16,20,22,25-28,30-31,33-34,36-37,39-40,42-43,47,49,53,55,70,74H,6-7,9,11-13,15,17-19,21,23-24,29,32,35,38,41,44-46,48,50-52,54,56-69H2,1-5H3/p+1/b10-8-,16-14-,22-20-,27-25-,28-26-,31-30-,34-33-,37-36-,40-39-,43-42-,49-47-,55-53-. The number of aliphatic carboxylic acids is 1. The van der Waals surface area contributed by atoms with E-state index in [1.807, 2.05) is 21.1 Å². The van der Waals surface area contributed by atoms with Crippen LogP contribution in [-0.2, 0) is 33.3 Å². The molecule has 0 amide bonds. The van der Waals surface area contributed by atoms with Crippen LogP contribution in [0.5, 0.6) is 0 Å². The van der Waals surface area contributed by atoms with Gasteiger partial charge in [0.15, 0.2) is 6.10 Å². The first kappa shape index (κ1) is 78.2. The highest BCUT2D eigenvalue weighted by Gasteiger charge is 2.25. The molecule has 1 N–H and O–H groups in total. The number of ether oxygens (including phenoxy) is 4. The third kappa shape index (κ3) is 64.6. The van der Waals surface area contributed by atoms with Crippen molar-refractivity contribution in [1.29, 1.82) is 0 Å². The summed E-state index contributed by atoms with van der Waals surface area (Å²) in [5.41, 5.74) is 0. The molecule has 0 aromatic carbocycles. The van der Waals surface area contributed by atoms with E-state index in [0.29, 0.717) is 17.4 Å². The van der Waals surface area contributed by atoms with Crippen molar-refractivity contribution >= 4 is 17.9 Å². The van der Waals surface area contributed by atoms with E-state index in [9.17, 15) is 19.5 Å². The number of unbranched alkanes of at least 4 members (excludes halogenated alkanes) is 20. The van der Waals surface area contributed by atoms with Crippen molar-refractivity contribution in [2.24, 2.45) is 0 Å². The van der Waals surface area contributed by atoms with E-state index in [2.05, 4.69) is 160 Å². The zero-order chi connectivity index (χ0) is 60.5. The molecule has 0 aliphatic heterocycles. The SMILES string of the molecule is CC/C=C\C/C=C\C/C=C\C/C=C\C/C=C\C/C=C\C/C=C\C/C=C\C/C=C\C/C=C\C/C=C\CCCCCC(=O)OC(COC(=O)CCCCCCCCCCC/C=C\CCCCCCCCCC)COC(OCC[N+](C)(C)C)C(=O)O. The van der Waals surface area contributed by atoms with E-state index < -0.39 is 24.3 Å². The molecule has 470 valence electrons. The first-order valence-electron chi connectivity index (χ1n) is 33.0. The summed E-state index contributed by atoms with van der Waals surface area (Å²) in [6.07, 6.45) is 89.4. The van der Waals surface area contributed by atoms with E-state index in [0.717, 1.165) is 109 Å². The Morgan fingerprint density at radius 2 is 0.687 bits per heavy atom. The van der Waals surface area contributed by atoms with E-state index in [1.54, 1.807) is 0 Å². The Morgan fingerprint density at radius 1 is 0.373 bits per heavy atom. The number of nitrogens with zero attached hydrogens (tertiary/aromatic N) is 1. The molecular formula is C74H122NO8+. The lowest BCUT2D eigenvalue weighted by atomic mass is 10.1. The Bertz CT molecular complexity index is 1870. The van der Waals surface area contributed by atoms with Crippen LogP contribution in [0.2, 0.25) is 0 Å². The third-order valence-electron chi connectivity index (χ3n) is 13.6. The molecule has 0 saturated carbocycles. The second-order valence-corrected chi connectivity index (χ2v) is 22.7. The molecule has 2 atom stereocenters. The van der Waals surface area contributed by atoms with Gasteiger partial charge in [-0.1, -0.05) is 256 Å². The monoisotopic (exact) mass is 1150 g/mol. The molecule has 83 heavy (non-hydrogen) atoms. The van der Waals surface area contributed by atoms with Crippen LogP contribution in [0.4, 0.5) is 0 Å². The topological polar surface area (TPSA) is 108 Å². The van der Waals surface area contributed by atoms with Crippen LogP contribution in [0, 0.1) is 0 Å². The van der Waals surface area contributed by atoms with E-state index in [1.165, 1.54) is 103 Å². The van der Waals surface area contributed by atoms with Gasteiger partial charge in [-0.2, -0.15) is 0 Å². The lowest BCUT2D eigenvalue weighted by molar-refractivity contribution is -0.870. The quantitative estimate of drug-likeness (QED) is 0.0211. The minimum Gasteiger partial charge on any atom is -0.477 e. The number of rotatable bonds is 59. The second-order valence-electron chi connectivity index (χ2n) is 22.7. The summed E-state index contributed by atoms with van der Waals surface area (Å²) in [7, 11) is 5.95. The molecule has 2 unspecified atom stereocenters. The van der Waals surface area contributed by atoms with Gasteiger partial charge in [-0.3, -0.25) is 9.59 Å². The van der Waals surface area contributed by atoms with Crippen LogP contribution in [0.25, 0.3) is 0 Å². The van der Waals surface area contributed by atoms with Gasteiger partial charge in [0.05, 0.1) is 34.4 Å². The van der Waals surface area contributed by atoms with Gasteiger partial charge in [-0.25, -0.2) is 4.79 Å². The van der Waals surface area contributed by atoms with Crippen LogP contribution in [0.1, 0.15) is 245 Å². The van der Waals surface area contributed by atoms with Gasteiger partial charge in [0.25, 0.3) is 6.29 Å². The van der Waals surface area contributed by atoms with Gasteiger partial charge in [-0.15, -0.1) is 0 Å². The van der Waals surface area contributed by atoms with Gasteiger partial charge in [0, 0.05) is 12.8 Å². The molecule has 0 bridgehead atoms. The Labute approximate surface area is 509 Å². The number of carbonyl (C=O) groups excluding carboxylic acids is 2. The number of hydrogen-bond acceptors (Lipinski definition) is 7. The summed E-state index contributed by atoms with van der Waals surface area (Å²) in [6.45, 7) is 4.71. The molecule has 0 aromatic heterocycles. The first-order valence-corrected chi connectivity index (χ1v) is 33.0. The van der Waals surface area contributed by atoms with Crippen molar-refractivity contribution in [3.8, 4) is 0 Å². The minimum atomic E-state index is -1.53. The zero-order valence-electron chi connectivity index (χ0n) is 53.5. The molecule has 0 aromatic rings. The maximum atomic E-state index is 12.9. The average molecular weight is 1150 g/mol. The van der Waals surface area contributed by atoms with Crippen molar-refractivity contribution in [3.05, 3.63) is 146 Å². The molecule has 0 spiro atoms. The fourth-order valence-corrected chi connectivity index (χ4v) is 8.54. The molecule has 9 nitrogen and oxygen atoms in total. The second kappa shape index (κ2) is 63.2. The van der Waals surface area contributed by atoms with E-state index in [4.69, 9.17) is 18.9 Å². The Hall–Kier alpha value is -4.83. The molecule has 0 fully saturated rings. The average Bonchev–Trinajstić information content (AvgIpc) is 3.46. The van der Waals surface area contributed by atoms with Crippen molar-refractivity contribution < 1.29 is 42.9 Å². The number of hydrogen-bond donors (Lipinski definition) is 1. The number of allylic oxidation sites excluding steroid dienone is 24. The largest absolute Gasteiger partial charge is 0.477 e. The number of carboxylic acid groups (broad SMARTS) is 1. The molecule has 0 aliphatic rings. The summed E-state index contributed by atoms with van der Waals surface area (Å²) < 4.78 is 22.9. The predicted octanol–water partition coefficient (Wildman–Crippen LogP) is 20.3. The minimum absolute atomic E-state index is 0.173. The van der Waals surface area contributed by atoms with Gasteiger partial charge in [0.1, 0.15) is 13.2 Å². The van der Waals surface area contributed by atoms with Crippen molar-refractivity contribution in [1.82, 2.24) is 0 Å². The smallest absolute Gasteiger partial charge is 0.361 e. The highest BCUT2D eigenvalue weighted by atomic mass is 16.7. The lowest BCUT2D eigenvalue weighted by Gasteiger charge is -2.25. The van der Waals surface area contributed by atoms with Crippen LogP contribution in [-0.4, -0.2) is 87.4 Å². The molecule has 0 aliphatic carbocycles. The Kier molecular flexibility index (Phi) is 59.5. The van der Waals surface area contributed by atoms with Gasteiger partial charge in [0.2, 0.25) is 0 Å². The van der Waals surface area contributed by atoms with Gasteiger partial charge in [-0.05, 0) is 122 Å². The van der Waals surface area contributed by atoms with E-state index in [-0.39, 0.29) is 38.6 Å². The lowest BCUT2D eigenvalue weighted by Crippen LogP contribution is -2.40. The van der Waals surface area contributed by atoms with Crippen molar-refractivity contribution in [3.63, 3.8) is 0 Å². The fourth-order valence-electron chi connectivity index (χ4n) is 8.54. The maximum Gasteiger partial charge on any atom is 0.361 e. The summed E-state index contributed by atoms with van der Waals surface area (Å²) in [5, 5.41) is 9.73. The first-order chi connectivity index (χ1) is 40.6. The van der Waals surface area contributed by atoms with Gasteiger partial charge < -0.3 is 28.5 Å². The number of esters is 2. The van der Waals surface area contributed by atoms with Crippen LogP contribution < -0.4 is 0 Å². The molecule has 0 rings (SSSR count). The zero-order valence-corrected chi connectivity index (χ0v) is 53.5. The number of likely N-dealkylation sites (N-methyl/N-ethyl adjacent to an activating group) is 1. The maximum absolute atomic E-state index is 12.9. The number of quaternary nitrogens is 1. The summed E-state index contributed by atoms with van der Waals surface area (Å²) in [5.74, 6) is -2.06. The highest BCUT2D eigenvalue weighted by molar-refractivity contribution is 5.71. The third-order valence-corrected chi connectivity index (χ3v) is 13.6. The van der Waals surface area contributed by atoms with Crippen LogP contribution in [0.15, 0.2) is 146 Å². The molecule has 0 saturated heterocycles. The number of carbonyl (C=O) groups is 3. The molecule has 0 heterocycles. The predicted molar refractivity (Wildman–Crippen MR) is 354 cm³/mol. The summed E-state index contributed by atoms with van der Waals surface area (Å²) >= 11 is 0. The molecular weight excluding hydrogens is 1030 g/mol. The van der Waals surface area contributed by atoms with Gasteiger partial charge >= 0.3 is 17.9 Å². The van der Waals surface area contributed by atoms with Crippen molar-refractivity contribution in [2.45, 2.75) is 257 Å². The number of carboxylic acids is 1. The molecule has 9 heteroatoms. The van der Waals surface area contributed by atoms with E-state index >= 15 is 0 Å². The van der Waals surface area contributed by atoms with Crippen LogP contribution in [0.3, 0.4) is 0 Å². The van der Waals surface area contributed by atoms with Crippen molar-refractivity contribution in [2.75, 3.05) is 47.5 Å². The summed E-state index contributed by atoms with van der Waals surface area (Å²) in [4.78, 5) is 37.5. The normalized spacial score (nSPS) is 13.7. The summed E-state index contributed by atoms with van der Waals surface area (Å²) in [6, 6.07) is 0. The molecule has 0 radical (unpaired) electrons. The Morgan fingerprint density at radius 3 is 1.05 bits per heavy atom. The Balaban J connectivity index is 4.29. The fraction of sp³-hybridized carbons (Fsp3) is 0.635.